The van der Waals surface area contributed by atoms with Crippen LogP contribution in [0.2, 0.25) is 0 Å². The number of nitrogens with two attached hydrogens (primary N) is 1. The first-order valence-electron chi connectivity index (χ1n) is 15.7. The predicted molar refractivity (Wildman–Crippen MR) is 181 cm³/mol. The van der Waals surface area contributed by atoms with Gasteiger partial charge in [-0.1, -0.05) is 22.9 Å². The van der Waals surface area contributed by atoms with Crippen LogP contribution in [0.4, 0.5) is 4.79 Å². The van der Waals surface area contributed by atoms with Crippen LogP contribution >= 0.6 is 23.5 Å². The summed E-state index contributed by atoms with van der Waals surface area (Å²) in [5.74, 6) is -2.47. The molecule has 3 aliphatic heterocycles. The largest absolute Gasteiger partial charge is 0.477 e. The van der Waals surface area contributed by atoms with Crippen molar-refractivity contribution in [1.29, 1.82) is 0 Å². The molecule has 286 valence electrons. The maximum Gasteiger partial charge on any atom is 0.352 e. The fraction of sp³-hybridized carbons (Fsp3) is 0.379. The number of likely N-dealkylation sites (N-methyl/N-ethyl adjacent to an activating group) is 1. The molecule has 0 radical (unpaired) electrons. The number of tetrazole rings is 1. The molecule has 23 nitrogen and oxygen atoms in total. The number of carboxylic acids is 1. The zero-order valence-corrected chi connectivity index (χ0v) is 30.1. The molecule has 3 atom stereocenters. The fourth-order valence-corrected chi connectivity index (χ4v) is 8.02. The van der Waals surface area contributed by atoms with E-state index >= 15 is 0 Å². The van der Waals surface area contributed by atoms with Crippen LogP contribution in [0.3, 0.4) is 0 Å². The second kappa shape index (κ2) is 15.8. The molecule has 7 amide bonds. The first-order valence-corrected chi connectivity index (χ1v) is 17.7. The standard InChI is InChI=1S/C29H31N11O12S2/c1-4-37-7-8-38(23(46)22(37)45)27(50)32-19(15-5-6-17(51-13(2)42)18(9-15)52-14(3)43)21(44)33-29(31-12-41)25(49)39-20(24(47)48)16(10-53-26(29)39)11-54-28-34-35-36-40(28)30/h5-6,9,12,19,26H,4,7-8,10-11,30H2,1-3H3,(H,31,41)(H,32,50)(H,33,44)(H,47,48)/t19?,26-,29-/m1/s1. The highest BCUT2D eigenvalue weighted by molar-refractivity contribution is 8.01. The highest BCUT2D eigenvalue weighted by Crippen LogP contribution is 2.46. The predicted octanol–water partition coefficient (Wildman–Crippen LogP) is -2.72. The SMILES string of the molecule is CCN1CCN(C(=O)NC(C(=O)N[C@]2(NC=O)C(=O)N3C(C(=O)O)=C(CSc4nnnn4N)CS[C@@H]32)c2ccc(OC(C)=O)c(OC(C)=O)c2)C(=O)C1=O. The van der Waals surface area contributed by atoms with E-state index in [1.54, 1.807) is 6.92 Å². The number of β-lactam (4-membered cyclic amide) rings is 1. The Labute approximate surface area is 312 Å². The minimum absolute atomic E-state index is 0.000967. The fourth-order valence-electron chi connectivity index (χ4n) is 5.66. The van der Waals surface area contributed by atoms with Gasteiger partial charge in [0.15, 0.2) is 11.5 Å². The number of thioether (sulfide) groups is 2. The molecular weight excluding hydrogens is 759 g/mol. The molecule has 6 N–H and O–H groups in total. The summed E-state index contributed by atoms with van der Waals surface area (Å²) >= 11 is 1.99. The second-order valence-electron chi connectivity index (χ2n) is 11.5. The van der Waals surface area contributed by atoms with Crippen molar-refractivity contribution in [2.75, 3.05) is 37.0 Å². The molecule has 2 aromatic rings. The lowest BCUT2D eigenvalue weighted by atomic mass is 9.94. The number of nitrogens with zero attached hydrogens (tertiary/aromatic N) is 7. The van der Waals surface area contributed by atoms with Crippen LogP contribution < -0.4 is 31.3 Å². The number of benzene rings is 1. The number of imide groups is 1. The van der Waals surface area contributed by atoms with Crippen LogP contribution in [0.25, 0.3) is 0 Å². The first kappa shape index (κ1) is 39.0. The topological polar surface area (TPSA) is 308 Å². The smallest absolute Gasteiger partial charge is 0.352 e. The van der Waals surface area contributed by atoms with E-state index in [0.717, 1.165) is 59.2 Å². The third-order valence-corrected chi connectivity index (χ3v) is 10.5. The van der Waals surface area contributed by atoms with Crippen LogP contribution in [-0.2, 0) is 38.4 Å². The monoisotopic (exact) mass is 789 g/mol. The minimum Gasteiger partial charge on any atom is -0.477 e. The van der Waals surface area contributed by atoms with E-state index < -0.39 is 70.3 Å². The molecule has 0 saturated carbocycles. The van der Waals surface area contributed by atoms with Crippen molar-refractivity contribution in [3.8, 4) is 11.5 Å². The Morgan fingerprint density at radius 1 is 1.11 bits per heavy atom. The molecule has 54 heavy (non-hydrogen) atoms. The van der Waals surface area contributed by atoms with E-state index in [4.69, 9.17) is 15.3 Å². The van der Waals surface area contributed by atoms with Gasteiger partial charge in [-0.05, 0) is 40.6 Å². The van der Waals surface area contributed by atoms with E-state index in [1.165, 1.54) is 11.0 Å². The molecule has 4 heterocycles. The van der Waals surface area contributed by atoms with Crippen molar-refractivity contribution in [3.63, 3.8) is 0 Å². The molecule has 0 bridgehead atoms. The third-order valence-electron chi connectivity index (χ3n) is 8.07. The van der Waals surface area contributed by atoms with Gasteiger partial charge in [0.25, 0.3) is 5.91 Å². The number of esters is 2. The molecule has 1 aromatic heterocycles. The van der Waals surface area contributed by atoms with Crippen molar-refractivity contribution in [1.82, 2.24) is 51.0 Å². The third kappa shape index (κ3) is 7.47. The van der Waals surface area contributed by atoms with E-state index in [-0.39, 0.29) is 65.3 Å². The van der Waals surface area contributed by atoms with Gasteiger partial charge in [0.2, 0.25) is 23.1 Å². The van der Waals surface area contributed by atoms with Gasteiger partial charge in [-0.15, -0.1) is 16.6 Å². The highest BCUT2D eigenvalue weighted by atomic mass is 32.2. The Bertz CT molecular complexity index is 1990. The number of carboxylic acid groups (broad SMARTS) is 1. The lowest BCUT2D eigenvalue weighted by molar-refractivity contribution is -0.163. The number of carbonyl (C=O) groups is 9. The number of piperazine rings is 1. The average molecular weight is 790 g/mol. The van der Waals surface area contributed by atoms with Crippen molar-refractivity contribution in [2.24, 2.45) is 0 Å². The zero-order valence-electron chi connectivity index (χ0n) is 28.5. The summed E-state index contributed by atoms with van der Waals surface area (Å²) in [6.07, 6.45) is 0.116. The zero-order chi connectivity index (χ0) is 39.5. The number of hydrogen-bond acceptors (Lipinski definition) is 17. The molecule has 0 aliphatic carbocycles. The number of nitrogens with one attached hydrogen (secondary N) is 3. The van der Waals surface area contributed by atoms with Gasteiger partial charge in [0.1, 0.15) is 17.1 Å². The number of rotatable bonds is 13. The van der Waals surface area contributed by atoms with Gasteiger partial charge < -0.3 is 41.3 Å². The lowest BCUT2D eigenvalue weighted by Gasteiger charge is -2.56. The quantitative estimate of drug-likeness (QED) is 0.0201. The highest BCUT2D eigenvalue weighted by Gasteiger charge is 2.66. The molecule has 1 aromatic carbocycles. The maximum absolute atomic E-state index is 14.3. The van der Waals surface area contributed by atoms with E-state index in [2.05, 4.69) is 31.5 Å². The van der Waals surface area contributed by atoms with Gasteiger partial charge in [0.05, 0.1) is 0 Å². The van der Waals surface area contributed by atoms with Crippen LogP contribution in [0.5, 0.6) is 11.5 Å². The van der Waals surface area contributed by atoms with Crippen LogP contribution in [-0.4, -0.2) is 136 Å². The van der Waals surface area contributed by atoms with Crippen LogP contribution in [0, 0.1) is 0 Å². The Balaban J connectivity index is 1.49. The number of hydrogen-bond donors (Lipinski definition) is 5. The average Bonchev–Trinajstić information content (AvgIpc) is 3.54. The summed E-state index contributed by atoms with van der Waals surface area (Å²) in [6.45, 7) is 3.72. The summed E-state index contributed by atoms with van der Waals surface area (Å²) in [5.41, 5.74) is -2.55. The van der Waals surface area contributed by atoms with E-state index in [1.807, 2.05) is 0 Å². The number of carbonyl (C=O) groups excluding carboxylic acids is 8. The number of amides is 7. The number of ether oxygens (including phenoxy) is 2. The van der Waals surface area contributed by atoms with Crippen molar-refractivity contribution >= 4 is 77.5 Å². The number of urea groups is 1. The number of aliphatic carboxylic acids is 1. The first-order chi connectivity index (χ1) is 25.6. The molecule has 2 saturated heterocycles. The Kier molecular flexibility index (Phi) is 11.4. The van der Waals surface area contributed by atoms with Gasteiger partial charge in [-0.25, -0.2) is 9.59 Å². The maximum atomic E-state index is 14.3. The molecule has 0 spiro atoms. The van der Waals surface area contributed by atoms with Crippen molar-refractivity contribution < 1.29 is 57.7 Å². The minimum atomic E-state index is -2.26. The van der Waals surface area contributed by atoms with Crippen molar-refractivity contribution in [3.05, 3.63) is 35.0 Å². The molecule has 1 unspecified atom stereocenters. The normalized spacial score (nSPS) is 20.0. The van der Waals surface area contributed by atoms with Gasteiger partial charge in [0, 0.05) is 45.0 Å². The molecule has 3 aliphatic rings. The number of fused-ring (bicyclic) bond motifs is 1. The summed E-state index contributed by atoms with van der Waals surface area (Å²) in [5, 5.41) is 26.8. The summed E-state index contributed by atoms with van der Waals surface area (Å²) in [7, 11) is 0. The van der Waals surface area contributed by atoms with Crippen LogP contribution in [0.15, 0.2) is 34.6 Å². The van der Waals surface area contributed by atoms with Gasteiger partial charge >= 0.3 is 35.8 Å². The molecule has 5 rings (SSSR count). The molecule has 2 fully saturated rings. The van der Waals surface area contributed by atoms with Gasteiger partial charge in [-0.2, -0.15) is 0 Å². The molecular formula is C29H31N11O12S2. The van der Waals surface area contributed by atoms with E-state index in [0.29, 0.717) is 4.90 Å². The van der Waals surface area contributed by atoms with E-state index in [9.17, 15) is 48.3 Å². The Hall–Kier alpha value is -6.24. The van der Waals surface area contributed by atoms with Gasteiger partial charge in [-0.3, -0.25) is 43.4 Å². The summed E-state index contributed by atoms with van der Waals surface area (Å²) < 4.78 is 10.3. The van der Waals surface area contributed by atoms with Crippen LogP contribution in [0.1, 0.15) is 32.4 Å². The second-order valence-corrected chi connectivity index (χ2v) is 13.5. The Morgan fingerprint density at radius 3 is 2.43 bits per heavy atom. The Morgan fingerprint density at radius 2 is 1.81 bits per heavy atom. The summed E-state index contributed by atoms with van der Waals surface area (Å²) in [4.78, 5) is 119. The number of nitrogen functional groups attached to an aromatic ring is 1. The summed E-state index contributed by atoms with van der Waals surface area (Å²) in [6, 6.07) is 0.373. The van der Waals surface area contributed by atoms with Crippen molar-refractivity contribution in [2.45, 2.75) is 43.0 Å². The number of aromatic nitrogens is 4. The molecule has 25 heteroatoms. The lowest BCUT2D eigenvalue weighted by Crippen LogP contribution is -2.85.